The minimum Gasteiger partial charge on any atom is -0.477 e. The standard InChI is InChI=1S/C23H17NO3S/c1-15-21(23(25)26)28-22(24-15)17-11-13-18(14-12-17)27-20-10-6-5-9-19(20)16-7-3-2-4-8-16/h2-14H,1H3,(H,25,26). The molecule has 0 saturated carbocycles. The van der Waals surface area contributed by atoms with E-state index in [1.165, 1.54) is 11.3 Å². The molecule has 0 aliphatic rings. The number of thiazole rings is 1. The lowest BCUT2D eigenvalue weighted by Gasteiger charge is -2.11. The molecule has 4 aromatic rings. The number of benzene rings is 3. The van der Waals surface area contributed by atoms with Crippen molar-refractivity contribution in [3.05, 3.63) is 89.4 Å². The van der Waals surface area contributed by atoms with Gasteiger partial charge in [-0.05, 0) is 42.8 Å². The van der Waals surface area contributed by atoms with Crippen LogP contribution in [0.15, 0.2) is 78.9 Å². The molecule has 0 aliphatic heterocycles. The number of carboxylic acid groups (broad SMARTS) is 1. The highest BCUT2D eigenvalue weighted by Gasteiger charge is 2.15. The molecule has 4 nitrogen and oxygen atoms in total. The van der Waals surface area contributed by atoms with Gasteiger partial charge in [0.1, 0.15) is 21.4 Å². The van der Waals surface area contributed by atoms with Gasteiger partial charge in [0.25, 0.3) is 0 Å². The zero-order valence-electron chi connectivity index (χ0n) is 15.1. The molecule has 0 aliphatic carbocycles. The highest BCUT2D eigenvalue weighted by Crippen LogP contribution is 2.34. The minimum atomic E-state index is -0.946. The highest BCUT2D eigenvalue weighted by atomic mass is 32.1. The quantitative estimate of drug-likeness (QED) is 0.438. The Labute approximate surface area is 166 Å². The first kappa shape index (κ1) is 17.9. The summed E-state index contributed by atoms with van der Waals surface area (Å²) in [5.74, 6) is 0.539. The van der Waals surface area contributed by atoms with E-state index in [9.17, 15) is 9.90 Å². The van der Waals surface area contributed by atoms with E-state index >= 15 is 0 Å². The molecule has 1 N–H and O–H groups in total. The van der Waals surface area contributed by atoms with Crippen LogP contribution in [0.2, 0.25) is 0 Å². The third-order valence-electron chi connectivity index (χ3n) is 4.29. The molecule has 0 radical (unpaired) electrons. The van der Waals surface area contributed by atoms with Crippen LogP contribution in [0.4, 0.5) is 0 Å². The summed E-state index contributed by atoms with van der Waals surface area (Å²) >= 11 is 1.18. The largest absolute Gasteiger partial charge is 0.477 e. The molecule has 0 atom stereocenters. The van der Waals surface area contributed by atoms with Crippen LogP contribution in [0.1, 0.15) is 15.4 Å². The summed E-state index contributed by atoms with van der Waals surface area (Å²) in [5, 5.41) is 9.89. The zero-order chi connectivity index (χ0) is 19.5. The van der Waals surface area contributed by atoms with E-state index in [-0.39, 0.29) is 4.88 Å². The van der Waals surface area contributed by atoms with Gasteiger partial charge in [-0.1, -0.05) is 48.5 Å². The van der Waals surface area contributed by atoms with Crippen LogP contribution in [0.5, 0.6) is 11.5 Å². The molecule has 1 aromatic heterocycles. The Morgan fingerprint density at radius 1 is 0.893 bits per heavy atom. The first-order valence-electron chi connectivity index (χ1n) is 8.75. The molecule has 1 heterocycles. The number of hydrogen-bond donors (Lipinski definition) is 1. The summed E-state index contributed by atoms with van der Waals surface area (Å²) in [6.07, 6.45) is 0. The van der Waals surface area contributed by atoms with E-state index < -0.39 is 5.97 Å². The number of hydrogen-bond acceptors (Lipinski definition) is 4. The van der Waals surface area contributed by atoms with E-state index in [0.29, 0.717) is 16.5 Å². The molecule has 138 valence electrons. The summed E-state index contributed by atoms with van der Waals surface area (Å²) in [5.41, 5.74) is 3.51. The van der Waals surface area contributed by atoms with Crippen LogP contribution >= 0.6 is 11.3 Å². The van der Waals surface area contributed by atoms with Gasteiger partial charge in [-0.2, -0.15) is 0 Å². The molecule has 4 rings (SSSR count). The number of aromatic carboxylic acids is 1. The van der Waals surface area contributed by atoms with Crippen molar-refractivity contribution in [2.45, 2.75) is 6.92 Å². The number of para-hydroxylation sites is 1. The second kappa shape index (κ2) is 7.66. The number of carbonyl (C=O) groups is 1. The fraction of sp³-hybridized carbons (Fsp3) is 0.0435. The number of aryl methyl sites for hydroxylation is 1. The maximum absolute atomic E-state index is 11.2. The molecule has 0 bridgehead atoms. The SMILES string of the molecule is Cc1nc(-c2ccc(Oc3ccccc3-c3ccccc3)cc2)sc1C(=O)O. The Morgan fingerprint density at radius 2 is 1.57 bits per heavy atom. The summed E-state index contributed by atoms with van der Waals surface area (Å²) in [4.78, 5) is 15.9. The van der Waals surface area contributed by atoms with Crippen LogP contribution in [0.3, 0.4) is 0 Å². The second-order valence-corrected chi connectivity index (χ2v) is 7.23. The first-order valence-corrected chi connectivity index (χ1v) is 9.57. The fourth-order valence-electron chi connectivity index (χ4n) is 2.92. The van der Waals surface area contributed by atoms with Gasteiger partial charge in [-0.25, -0.2) is 9.78 Å². The van der Waals surface area contributed by atoms with Crippen molar-refractivity contribution in [1.29, 1.82) is 0 Å². The molecule has 28 heavy (non-hydrogen) atoms. The molecule has 0 fully saturated rings. The number of nitrogens with zero attached hydrogens (tertiary/aromatic N) is 1. The van der Waals surface area contributed by atoms with Gasteiger partial charge in [-0.3, -0.25) is 0 Å². The lowest BCUT2D eigenvalue weighted by molar-refractivity contribution is 0.0701. The Hall–Kier alpha value is -3.44. The van der Waals surface area contributed by atoms with E-state index in [4.69, 9.17) is 4.74 Å². The lowest BCUT2D eigenvalue weighted by atomic mass is 10.0. The number of rotatable bonds is 5. The number of aromatic nitrogens is 1. The van der Waals surface area contributed by atoms with Gasteiger partial charge in [0, 0.05) is 11.1 Å². The van der Waals surface area contributed by atoms with Crippen molar-refractivity contribution < 1.29 is 14.6 Å². The van der Waals surface area contributed by atoms with Crippen LogP contribution in [-0.2, 0) is 0 Å². The maximum atomic E-state index is 11.2. The Morgan fingerprint density at radius 3 is 2.25 bits per heavy atom. The van der Waals surface area contributed by atoms with Gasteiger partial charge >= 0.3 is 5.97 Å². The Bertz CT molecular complexity index is 1120. The maximum Gasteiger partial charge on any atom is 0.347 e. The van der Waals surface area contributed by atoms with Crippen molar-refractivity contribution in [1.82, 2.24) is 4.98 Å². The zero-order valence-corrected chi connectivity index (χ0v) is 15.9. The van der Waals surface area contributed by atoms with E-state index in [1.54, 1.807) is 6.92 Å². The van der Waals surface area contributed by atoms with Gasteiger partial charge in [0.15, 0.2) is 0 Å². The smallest absolute Gasteiger partial charge is 0.347 e. The number of carboxylic acids is 1. The molecule has 0 unspecified atom stereocenters. The van der Waals surface area contributed by atoms with Crippen molar-refractivity contribution in [3.8, 4) is 33.2 Å². The predicted molar refractivity (Wildman–Crippen MR) is 111 cm³/mol. The van der Waals surface area contributed by atoms with Crippen molar-refractivity contribution in [2.24, 2.45) is 0 Å². The molecule has 0 spiro atoms. The second-order valence-electron chi connectivity index (χ2n) is 6.23. The van der Waals surface area contributed by atoms with Gasteiger partial charge in [0.2, 0.25) is 0 Å². The first-order chi connectivity index (χ1) is 13.6. The predicted octanol–water partition coefficient (Wildman–Crippen LogP) is 6.28. The Kier molecular flexibility index (Phi) is 4.91. The molecule has 0 saturated heterocycles. The van der Waals surface area contributed by atoms with Gasteiger partial charge in [-0.15, -0.1) is 11.3 Å². The molecule has 0 amide bonds. The third kappa shape index (κ3) is 3.66. The summed E-state index contributed by atoms with van der Waals surface area (Å²) in [6.45, 7) is 1.71. The third-order valence-corrected chi connectivity index (χ3v) is 5.49. The molecular weight excluding hydrogens is 370 g/mol. The summed E-state index contributed by atoms with van der Waals surface area (Å²) < 4.78 is 6.11. The van der Waals surface area contributed by atoms with Crippen LogP contribution in [0, 0.1) is 6.92 Å². The van der Waals surface area contributed by atoms with Crippen LogP contribution in [-0.4, -0.2) is 16.1 Å². The summed E-state index contributed by atoms with van der Waals surface area (Å²) in [6, 6.07) is 25.5. The summed E-state index contributed by atoms with van der Waals surface area (Å²) in [7, 11) is 0. The fourth-order valence-corrected chi connectivity index (χ4v) is 3.83. The molecule has 5 heteroatoms. The molecule has 3 aromatic carbocycles. The van der Waals surface area contributed by atoms with E-state index in [2.05, 4.69) is 17.1 Å². The van der Waals surface area contributed by atoms with E-state index in [0.717, 1.165) is 22.4 Å². The van der Waals surface area contributed by atoms with Crippen molar-refractivity contribution in [2.75, 3.05) is 0 Å². The van der Waals surface area contributed by atoms with Crippen LogP contribution in [0.25, 0.3) is 21.7 Å². The number of ether oxygens (including phenoxy) is 1. The Balaban J connectivity index is 1.60. The normalized spacial score (nSPS) is 10.6. The van der Waals surface area contributed by atoms with Gasteiger partial charge < -0.3 is 9.84 Å². The highest BCUT2D eigenvalue weighted by molar-refractivity contribution is 7.17. The minimum absolute atomic E-state index is 0.270. The monoisotopic (exact) mass is 387 g/mol. The van der Waals surface area contributed by atoms with Crippen molar-refractivity contribution in [3.63, 3.8) is 0 Å². The molecular formula is C23H17NO3S. The van der Waals surface area contributed by atoms with Gasteiger partial charge in [0.05, 0.1) is 5.69 Å². The average molecular weight is 387 g/mol. The lowest BCUT2D eigenvalue weighted by Crippen LogP contribution is -1.94. The van der Waals surface area contributed by atoms with Crippen LogP contribution < -0.4 is 4.74 Å². The van der Waals surface area contributed by atoms with Crippen molar-refractivity contribution >= 4 is 17.3 Å². The topological polar surface area (TPSA) is 59.4 Å². The van der Waals surface area contributed by atoms with E-state index in [1.807, 2.05) is 66.7 Å². The average Bonchev–Trinajstić information content (AvgIpc) is 3.12.